The van der Waals surface area contributed by atoms with E-state index in [0.717, 1.165) is 105 Å². The van der Waals surface area contributed by atoms with E-state index in [1.807, 2.05) is 18.2 Å². The standard InChI is InChI=1S/C57H37NO3/c1-57(2)48-19-8-6-14-41(48)42-28-26-38(31-49(42)57)58(36-24-22-35(23-25-36)40-17-10-18-44-43-15-7-9-20-50(43)61-56(40)44)37-27-29-51-45(30-37)46-32-54-47(33-53(46)59-51)55-39(16-11-21-52(55)60-54)34-12-4-3-5-13-34/h3-33H,1-2H3. The molecule has 3 aromatic heterocycles. The molecule has 288 valence electrons. The topological polar surface area (TPSA) is 42.7 Å². The number of nitrogens with zero attached hydrogens (tertiary/aromatic N) is 1. The SMILES string of the molecule is CC1(C)c2ccccc2-c2ccc(N(c3ccc(-c4cccc5c4oc4ccccc45)cc3)c3ccc4oc5cc6c(cc5c4c3)oc3cccc(-c4ccccc4)c36)cc21. The Morgan fingerprint density at radius 1 is 0.344 bits per heavy atom. The predicted molar refractivity (Wildman–Crippen MR) is 251 cm³/mol. The second-order valence-corrected chi connectivity index (χ2v) is 16.8. The van der Waals surface area contributed by atoms with Crippen molar-refractivity contribution in [2.75, 3.05) is 4.90 Å². The number of hydrogen-bond donors (Lipinski definition) is 0. The molecule has 0 saturated heterocycles. The summed E-state index contributed by atoms with van der Waals surface area (Å²) in [5.74, 6) is 0. The molecule has 0 radical (unpaired) electrons. The van der Waals surface area contributed by atoms with Crippen molar-refractivity contribution in [1.29, 1.82) is 0 Å². The van der Waals surface area contributed by atoms with Gasteiger partial charge in [0, 0.05) is 60.4 Å². The second kappa shape index (κ2) is 12.6. The lowest BCUT2D eigenvalue weighted by atomic mass is 9.82. The van der Waals surface area contributed by atoms with Crippen LogP contribution in [-0.2, 0) is 5.41 Å². The zero-order valence-electron chi connectivity index (χ0n) is 33.6. The van der Waals surface area contributed by atoms with Crippen molar-refractivity contribution >= 4 is 82.9 Å². The lowest BCUT2D eigenvalue weighted by molar-refractivity contribution is 0.660. The molecule has 3 heterocycles. The van der Waals surface area contributed by atoms with E-state index in [-0.39, 0.29) is 5.41 Å². The first-order chi connectivity index (χ1) is 30.0. The number of rotatable bonds is 5. The monoisotopic (exact) mass is 783 g/mol. The molecule has 4 heteroatoms. The maximum Gasteiger partial charge on any atom is 0.143 e. The van der Waals surface area contributed by atoms with Crippen molar-refractivity contribution in [3.05, 3.63) is 199 Å². The van der Waals surface area contributed by atoms with Gasteiger partial charge in [0.2, 0.25) is 0 Å². The van der Waals surface area contributed by atoms with E-state index in [4.69, 9.17) is 13.3 Å². The van der Waals surface area contributed by atoms with E-state index >= 15 is 0 Å². The number of benzene rings is 9. The number of fused-ring (bicyclic) bond motifs is 12. The highest BCUT2D eigenvalue weighted by molar-refractivity contribution is 6.18. The fourth-order valence-electron chi connectivity index (χ4n) is 10.1. The van der Waals surface area contributed by atoms with Crippen molar-refractivity contribution in [3.8, 4) is 33.4 Å². The molecular formula is C57H37NO3. The highest BCUT2D eigenvalue weighted by atomic mass is 16.3. The maximum absolute atomic E-state index is 6.65. The Kier molecular flexibility index (Phi) is 7.04. The largest absolute Gasteiger partial charge is 0.456 e. The lowest BCUT2D eigenvalue weighted by Crippen LogP contribution is -2.16. The van der Waals surface area contributed by atoms with Crippen molar-refractivity contribution in [2.24, 2.45) is 0 Å². The minimum atomic E-state index is -0.147. The third kappa shape index (κ3) is 5.00. The summed E-state index contributed by atoms with van der Waals surface area (Å²) in [4.78, 5) is 2.37. The summed E-state index contributed by atoms with van der Waals surface area (Å²) in [5, 5.41) is 6.44. The third-order valence-electron chi connectivity index (χ3n) is 13.1. The van der Waals surface area contributed by atoms with Crippen LogP contribution in [0.4, 0.5) is 17.1 Å². The van der Waals surface area contributed by atoms with Gasteiger partial charge in [-0.3, -0.25) is 0 Å². The fourth-order valence-corrected chi connectivity index (χ4v) is 10.1. The molecule has 61 heavy (non-hydrogen) atoms. The Morgan fingerprint density at radius 2 is 0.934 bits per heavy atom. The van der Waals surface area contributed by atoms with Gasteiger partial charge in [-0.25, -0.2) is 0 Å². The normalized spacial score (nSPS) is 13.2. The maximum atomic E-state index is 6.65. The Labute approximate surface area is 351 Å². The summed E-state index contributed by atoms with van der Waals surface area (Å²) in [6.07, 6.45) is 0. The van der Waals surface area contributed by atoms with Crippen LogP contribution in [0.3, 0.4) is 0 Å². The average molecular weight is 784 g/mol. The average Bonchev–Trinajstić information content (AvgIpc) is 4.04. The van der Waals surface area contributed by atoms with Crippen LogP contribution >= 0.6 is 0 Å². The van der Waals surface area contributed by atoms with Gasteiger partial charge in [-0.15, -0.1) is 0 Å². The number of furan rings is 3. The van der Waals surface area contributed by atoms with E-state index in [2.05, 4.69) is 189 Å². The minimum absolute atomic E-state index is 0.147. The van der Waals surface area contributed by atoms with Gasteiger partial charge in [0.05, 0.1) is 0 Å². The van der Waals surface area contributed by atoms with Gasteiger partial charge in [0.25, 0.3) is 0 Å². The van der Waals surface area contributed by atoms with Crippen LogP contribution in [0.25, 0.3) is 99.2 Å². The van der Waals surface area contributed by atoms with Crippen LogP contribution in [0, 0.1) is 0 Å². The highest BCUT2D eigenvalue weighted by Gasteiger charge is 2.36. The van der Waals surface area contributed by atoms with Crippen LogP contribution in [0.1, 0.15) is 25.0 Å². The van der Waals surface area contributed by atoms with Crippen molar-refractivity contribution in [1.82, 2.24) is 0 Å². The summed E-state index contributed by atoms with van der Waals surface area (Å²) in [6, 6.07) is 67.0. The van der Waals surface area contributed by atoms with Crippen molar-refractivity contribution in [2.45, 2.75) is 19.3 Å². The molecule has 0 fully saturated rings. The predicted octanol–water partition coefficient (Wildman–Crippen LogP) is 16.5. The summed E-state index contributed by atoms with van der Waals surface area (Å²) >= 11 is 0. The van der Waals surface area contributed by atoms with Crippen LogP contribution in [0.5, 0.6) is 0 Å². The molecule has 13 rings (SSSR count). The highest BCUT2D eigenvalue weighted by Crippen LogP contribution is 2.51. The summed E-state index contributed by atoms with van der Waals surface area (Å²) in [7, 11) is 0. The molecule has 0 spiro atoms. The van der Waals surface area contributed by atoms with Crippen LogP contribution in [0.15, 0.2) is 201 Å². The molecular weight excluding hydrogens is 747 g/mol. The van der Waals surface area contributed by atoms with E-state index in [1.54, 1.807) is 0 Å². The summed E-state index contributed by atoms with van der Waals surface area (Å²) in [5.41, 5.74) is 17.9. The Bertz CT molecular complexity index is 3730. The summed E-state index contributed by atoms with van der Waals surface area (Å²) < 4.78 is 19.7. The molecule has 0 unspecified atom stereocenters. The van der Waals surface area contributed by atoms with Crippen LogP contribution < -0.4 is 4.90 Å². The molecule has 1 aliphatic rings. The van der Waals surface area contributed by atoms with E-state index in [0.29, 0.717) is 0 Å². The van der Waals surface area contributed by atoms with E-state index in [1.165, 1.54) is 22.3 Å². The van der Waals surface area contributed by atoms with Gasteiger partial charge in [0.1, 0.15) is 33.5 Å². The summed E-state index contributed by atoms with van der Waals surface area (Å²) in [6.45, 7) is 4.68. The van der Waals surface area contributed by atoms with Gasteiger partial charge in [-0.05, 0) is 106 Å². The fraction of sp³-hybridized carbons (Fsp3) is 0.0526. The van der Waals surface area contributed by atoms with Crippen molar-refractivity contribution < 1.29 is 13.3 Å². The number of anilines is 3. The molecule has 12 aromatic rings. The van der Waals surface area contributed by atoms with E-state index in [9.17, 15) is 0 Å². The Hall–Kier alpha value is -7.82. The van der Waals surface area contributed by atoms with Crippen molar-refractivity contribution in [3.63, 3.8) is 0 Å². The zero-order chi connectivity index (χ0) is 40.4. The lowest BCUT2D eigenvalue weighted by Gasteiger charge is -2.28. The minimum Gasteiger partial charge on any atom is -0.456 e. The molecule has 0 amide bonds. The zero-order valence-corrected chi connectivity index (χ0v) is 33.6. The van der Waals surface area contributed by atoms with Gasteiger partial charge >= 0.3 is 0 Å². The Morgan fingerprint density at radius 3 is 1.84 bits per heavy atom. The van der Waals surface area contributed by atoms with Crippen LogP contribution in [-0.4, -0.2) is 0 Å². The first kappa shape index (κ1) is 34.1. The third-order valence-corrected chi connectivity index (χ3v) is 13.1. The first-order valence-electron chi connectivity index (χ1n) is 20.9. The van der Waals surface area contributed by atoms with Gasteiger partial charge in [-0.2, -0.15) is 0 Å². The molecule has 0 N–H and O–H groups in total. The van der Waals surface area contributed by atoms with Gasteiger partial charge in [0.15, 0.2) is 0 Å². The smallest absolute Gasteiger partial charge is 0.143 e. The quantitative estimate of drug-likeness (QED) is 0.174. The number of para-hydroxylation sites is 2. The first-order valence-corrected chi connectivity index (χ1v) is 20.9. The molecule has 0 bridgehead atoms. The second-order valence-electron chi connectivity index (χ2n) is 16.8. The molecule has 0 saturated carbocycles. The molecule has 0 aliphatic heterocycles. The van der Waals surface area contributed by atoms with Crippen LogP contribution in [0.2, 0.25) is 0 Å². The van der Waals surface area contributed by atoms with Gasteiger partial charge in [-0.1, -0.05) is 135 Å². The Balaban J connectivity index is 0.979. The number of hydrogen-bond acceptors (Lipinski definition) is 4. The van der Waals surface area contributed by atoms with Gasteiger partial charge < -0.3 is 18.2 Å². The molecule has 0 atom stereocenters. The molecule has 4 nitrogen and oxygen atoms in total. The van der Waals surface area contributed by atoms with E-state index < -0.39 is 0 Å². The molecule has 1 aliphatic carbocycles. The molecule has 9 aromatic carbocycles.